The number of thiophene rings is 1. The van der Waals surface area contributed by atoms with Gasteiger partial charge in [0.25, 0.3) is 0 Å². The summed E-state index contributed by atoms with van der Waals surface area (Å²) in [5, 5.41) is 5.83. The smallest absolute Gasteiger partial charge is 0.225 e. The fourth-order valence-electron chi connectivity index (χ4n) is 1.13. The third-order valence-corrected chi connectivity index (χ3v) is 2.83. The van der Waals surface area contributed by atoms with E-state index in [1.165, 1.54) is 4.88 Å². The molecular weight excluding hydrogens is 232 g/mol. The summed E-state index contributed by atoms with van der Waals surface area (Å²) < 4.78 is 0. The summed E-state index contributed by atoms with van der Waals surface area (Å²) in [4.78, 5) is 13.7. The minimum absolute atomic E-state index is 0. The normalized spacial score (nSPS) is 9.47. The molecule has 0 aliphatic heterocycles. The van der Waals surface area contributed by atoms with Crippen molar-refractivity contribution in [1.82, 2.24) is 10.6 Å². The Morgan fingerprint density at radius 3 is 2.67 bits per heavy atom. The molecule has 0 saturated carbocycles. The molecular formula is C10H17ClN2OS. The van der Waals surface area contributed by atoms with E-state index in [1.54, 1.807) is 11.3 Å². The second-order valence-corrected chi connectivity index (χ2v) is 4.52. The van der Waals surface area contributed by atoms with Crippen molar-refractivity contribution < 1.29 is 4.79 Å². The fraction of sp³-hybridized carbons (Fsp3) is 0.500. The maximum atomic E-state index is 11.4. The second-order valence-electron chi connectivity index (χ2n) is 3.14. The first-order chi connectivity index (χ1) is 6.72. The van der Waals surface area contributed by atoms with Crippen LogP contribution in [0.2, 0.25) is 0 Å². The Balaban J connectivity index is 0.00000196. The van der Waals surface area contributed by atoms with E-state index in [9.17, 15) is 4.79 Å². The lowest BCUT2D eigenvalue weighted by molar-refractivity contribution is -0.120. The Morgan fingerprint density at radius 2 is 2.13 bits per heavy atom. The molecule has 1 rings (SSSR count). The zero-order valence-corrected chi connectivity index (χ0v) is 10.6. The molecule has 86 valence electrons. The number of rotatable bonds is 5. The van der Waals surface area contributed by atoms with Crippen LogP contribution in [0.5, 0.6) is 0 Å². The Labute approximate surface area is 101 Å². The van der Waals surface area contributed by atoms with Gasteiger partial charge >= 0.3 is 0 Å². The van der Waals surface area contributed by atoms with Crippen molar-refractivity contribution in [3.63, 3.8) is 0 Å². The maximum Gasteiger partial charge on any atom is 0.225 e. The van der Waals surface area contributed by atoms with Gasteiger partial charge in [0, 0.05) is 22.8 Å². The highest BCUT2D eigenvalue weighted by molar-refractivity contribution is 7.12. The van der Waals surface area contributed by atoms with Crippen molar-refractivity contribution >= 4 is 29.7 Å². The first-order valence-corrected chi connectivity index (χ1v) is 5.50. The predicted molar refractivity (Wildman–Crippen MR) is 66.9 cm³/mol. The van der Waals surface area contributed by atoms with Crippen molar-refractivity contribution in [2.75, 3.05) is 20.1 Å². The summed E-state index contributed by atoms with van der Waals surface area (Å²) in [5.41, 5.74) is 0. The first kappa shape index (κ1) is 14.4. The molecule has 1 aromatic rings. The fourth-order valence-corrected chi connectivity index (χ4v) is 2.02. The van der Waals surface area contributed by atoms with Crippen molar-refractivity contribution in [1.29, 1.82) is 0 Å². The van der Waals surface area contributed by atoms with Crippen LogP contribution in [0.25, 0.3) is 0 Å². The van der Waals surface area contributed by atoms with E-state index in [0.717, 1.165) is 11.4 Å². The van der Waals surface area contributed by atoms with Crippen LogP contribution < -0.4 is 10.6 Å². The maximum absolute atomic E-state index is 11.4. The van der Waals surface area contributed by atoms with E-state index >= 15 is 0 Å². The molecule has 0 radical (unpaired) electrons. The monoisotopic (exact) mass is 248 g/mol. The van der Waals surface area contributed by atoms with Crippen LogP contribution in [-0.4, -0.2) is 26.0 Å². The number of carbonyl (C=O) groups excluding carboxylic acids is 1. The average Bonchev–Trinajstić information content (AvgIpc) is 2.52. The lowest BCUT2D eigenvalue weighted by Crippen LogP contribution is -2.31. The van der Waals surface area contributed by atoms with Gasteiger partial charge in [-0.05, 0) is 26.1 Å². The standard InChI is InChI=1S/C10H16N2OS.ClH/c1-8-3-4-9(14-8)7-10(13)12-6-5-11-2;/h3-4,11H,5-7H2,1-2H3,(H,12,13);1H. The van der Waals surface area contributed by atoms with Gasteiger partial charge in [0.2, 0.25) is 5.91 Å². The molecule has 1 amide bonds. The predicted octanol–water partition coefficient (Wildman–Crippen LogP) is 1.36. The number of amides is 1. The quantitative estimate of drug-likeness (QED) is 0.773. The zero-order chi connectivity index (χ0) is 10.4. The van der Waals surface area contributed by atoms with E-state index in [-0.39, 0.29) is 18.3 Å². The third-order valence-electron chi connectivity index (χ3n) is 1.83. The molecule has 0 aliphatic carbocycles. The Hall–Kier alpha value is -0.580. The molecule has 3 nitrogen and oxygen atoms in total. The van der Waals surface area contributed by atoms with Crippen molar-refractivity contribution in [2.45, 2.75) is 13.3 Å². The van der Waals surface area contributed by atoms with E-state index in [0.29, 0.717) is 13.0 Å². The summed E-state index contributed by atoms with van der Waals surface area (Å²) in [6, 6.07) is 4.05. The molecule has 0 aliphatic rings. The molecule has 5 heteroatoms. The number of carbonyl (C=O) groups is 1. The van der Waals surface area contributed by atoms with Crippen molar-refractivity contribution in [3.05, 3.63) is 21.9 Å². The number of aryl methyl sites for hydroxylation is 1. The highest BCUT2D eigenvalue weighted by Gasteiger charge is 2.03. The summed E-state index contributed by atoms with van der Waals surface area (Å²) in [7, 11) is 1.87. The molecule has 1 heterocycles. The topological polar surface area (TPSA) is 41.1 Å². The van der Waals surface area contributed by atoms with Gasteiger partial charge in [-0.2, -0.15) is 0 Å². The average molecular weight is 249 g/mol. The molecule has 15 heavy (non-hydrogen) atoms. The number of likely N-dealkylation sites (N-methyl/N-ethyl adjacent to an activating group) is 1. The molecule has 0 saturated heterocycles. The van der Waals surface area contributed by atoms with Gasteiger partial charge in [-0.1, -0.05) is 0 Å². The van der Waals surface area contributed by atoms with Gasteiger partial charge in [-0.25, -0.2) is 0 Å². The second kappa shape index (κ2) is 7.68. The number of hydrogen-bond donors (Lipinski definition) is 2. The van der Waals surface area contributed by atoms with Gasteiger partial charge in [0.15, 0.2) is 0 Å². The van der Waals surface area contributed by atoms with Crippen LogP contribution in [0.4, 0.5) is 0 Å². The minimum Gasteiger partial charge on any atom is -0.355 e. The summed E-state index contributed by atoms with van der Waals surface area (Å²) in [6.45, 7) is 3.56. The van der Waals surface area contributed by atoms with E-state index in [4.69, 9.17) is 0 Å². The molecule has 0 bridgehead atoms. The molecule has 0 fully saturated rings. The Bertz CT molecular complexity index is 301. The Kier molecular flexibility index (Phi) is 7.38. The SMILES string of the molecule is CNCCNC(=O)Cc1ccc(C)s1.Cl. The number of hydrogen-bond acceptors (Lipinski definition) is 3. The van der Waals surface area contributed by atoms with Crippen LogP contribution in [0, 0.1) is 6.92 Å². The van der Waals surface area contributed by atoms with E-state index in [1.807, 2.05) is 26.1 Å². The largest absolute Gasteiger partial charge is 0.355 e. The summed E-state index contributed by atoms with van der Waals surface area (Å²) in [5.74, 6) is 0.0992. The van der Waals surface area contributed by atoms with E-state index in [2.05, 4.69) is 10.6 Å². The molecule has 1 aromatic heterocycles. The third kappa shape index (κ3) is 5.77. The highest BCUT2D eigenvalue weighted by atomic mass is 35.5. The molecule has 2 N–H and O–H groups in total. The Morgan fingerprint density at radius 1 is 1.40 bits per heavy atom. The van der Waals surface area contributed by atoms with Crippen LogP contribution in [0.15, 0.2) is 12.1 Å². The highest BCUT2D eigenvalue weighted by Crippen LogP contribution is 2.15. The van der Waals surface area contributed by atoms with Crippen molar-refractivity contribution in [2.24, 2.45) is 0 Å². The number of nitrogens with one attached hydrogen (secondary N) is 2. The first-order valence-electron chi connectivity index (χ1n) is 4.69. The van der Waals surface area contributed by atoms with E-state index < -0.39 is 0 Å². The van der Waals surface area contributed by atoms with Crippen LogP contribution >= 0.6 is 23.7 Å². The lowest BCUT2D eigenvalue weighted by atomic mass is 10.3. The molecule has 0 atom stereocenters. The molecule has 0 unspecified atom stereocenters. The summed E-state index contributed by atoms with van der Waals surface area (Å²) in [6.07, 6.45) is 0.502. The zero-order valence-electron chi connectivity index (χ0n) is 9.00. The minimum atomic E-state index is 0. The van der Waals surface area contributed by atoms with Crippen LogP contribution in [0.3, 0.4) is 0 Å². The summed E-state index contributed by atoms with van der Waals surface area (Å²) >= 11 is 1.68. The van der Waals surface area contributed by atoms with Gasteiger partial charge in [-0.15, -0.1) is 23.7 Å². The molecule has 0 spiro atoms. The van der Waals surface area contributed by atoms with Gasteiger partial charge in [0.05, 0.1) is 6.42 Å². The van der Waals surface area contributed by atoms with Gasteiger partial charge in [0.1, 0.15) is 0 Å². The molecule has 0 aromatic carbocycles. The van der Waals surface area contributed by atoms with Crippen LogP contribution in [-0.2, 0) is 11.2 Å². The lowest BCUT2D eigenvalue weighted by Gasteiger charge is -2.02. The number of halogens is 1. The van der Waals surface area contributed by atoms with Crippen LogP contribution in [0.1, 0.15) is 9.75 Å². The van der Waals surface area contributed by atoms with Gasteiger partial charge in [-0.3, -0.25) is 4.79 Å². The van der Waals surface area contributed by atoms with Crippen molar-refractivity contribution in [3.8, 4) is 0 Å². The van der Waals surface area contributed by atoms with Gasteiger partial charge < -0.3 is 10.6 Å².